The fourth-order valence-corrected chi connectivity index (χ4v) is 1.63. The van der Waals surface area contributed by atoms with Crippen LogP contribution in [0.15, 0.2) is 0 Å². The molecule has 6 nitrogen and oxygen atoms in total. The van der Waals surface area contributed by atoms with Crippen molar-refractivity contribution >= 4 is 17.8 Å². The molecule has 1 aliphatic rings. The molecular formula is C11H18N2O4. The lowest BCUT2D eigenvalue weighted by Gasteiger charge is -2.32. The molecule has 1 saturated heterocycles. The molecule has 0 aromatic rings. The summed E-state index contributed by atoms with van der Waals surface area (Å²) in [5.74, 6) is -1.16. The van der Waals surface area contributed by atoms with Crippen LogP contribution in [0.3, 0.4) is 0 Å². The van der Waals surface area contributed by atoms with Gasteiger partial charge in [-0.3, -0.25) is 20.2 Å². The van der Waals surface area contributed by atoms with Crippen molar-refractivity contribution in [2.45, 2.75) is 33.1 Å². The average Bonchev–Trinajstić information content (AvgIpc) is 2.27. The van der Waals surface area contributed by atoms with E-state index in [1.165, 1.54) is 0 Å². The molecule has 1 aliphatic heterocycles. The van der Waals surface area contributed by atoms with Crippen LogP contribution >= 0.6 is 0 Å². The zero-order valence-corrected chi connectivity index (χ0v) is 10.2. The molecule has 0 saturated carbocycles. The van der Waals surface area contributed by atoms with Gasteiger partial charge in [-0.1, -0.05) is 20.3 Å². The summed E-state index contributed by atoms with van der Waals surface area (Å²) in [5, 5.41) is 4.21. The number of ether oxygens (including phenoxy) is 1. The van der Waals surface area contributed by atoms with E-state index in [2.05, 4.69) is 10.6 Å². The first kappa shape index (κ1) is 13.6. The van der Waals surface area contributed by atoms with Crippen molar-refractivity contribution in [2.75, 3.05) is 13.2 Å². The van der Waals surface area contributed by atoms with Crippen molar-refractivity contribution in [3.63, 3.8) is 0 Å². The number of hydrogen-bond donors (Lipinski definition) is 2. The molecule has 1 heterocycles. The SMILES string of the molecule is CCCCOCC1(CC)C(=O)NC(=O)NC1=O. The van der Waals surface area contributed by atoms with Gasteiger partial charge in [0.1, 0.15) is 0 Å². The molecule has 17 heavy (non-hydrogen) atoms. The zero-order chi connectivity index (χ0) is 12.9. The molecule has 1 fully saturated rings. The van der Waals surface area contributed by atoms with Crippen LogP contribution in [0.2, 0.25) is 0 Å². The lowest BCUT2D eigenvalue weighted by atomic mass is 9.82. The average molecular weight is 242 g/mol. The van der Waals surface area contributed by atoms with Gasteiger partial charge in [0.25, 0.3) is 0 Å². The van der Waals surface area contributed by atoms with Gasteiger partial charge in [0.05, 0.1) is 6.61 Å². The number of carbonyl (C=O) groups is 3. The lowest BCUT2D eigenvalue weighted by Crippen LogP contribution is -2.63. The fraction of sp³-hybridized carbons (Fsp3) is 0.727. The summed E-state index contributed by atoms with van der Waals surface area (Å²) in [6, 6.07) is -0.766. The van der Waals surface area contributed by atoms with E-state index in [1.807, 2.05) is 6.92 Å². The Morgan fingerprint density at radius 3 is 2.18 bits per heavy atom. The quantitative estimate of drug-likeness (QED) is 0.526. The van der Waals surface area contributed by atoms with E-state index in [0.717, 1.165) is 12.8 Å². The Kier molecular flexibility index (Phi) is 4.62. The van der Waals surface area contributed by atoms with Crippen molar-refractivity contribution in [3.8, 4) is 0 Å². The summed E-state index contributed by atoms with van der Waals surface area (Å²) >= 11 is 0. The van der Waals surface area contributed by atoms with Gasteiger partial charge < -0.3 is 4.74 Å². The standard InChI is InChI=1S/C11H18N2O4/c1-3-5-6-17-7-11(4-2)8(14)12-10(16)13-9(11)15/h3-7H2,1-2H3,(H2,12,13,14,15,16). The van der Waals surface area contributed by atoms with Crippen LogP contribution in [-0.4, -0.2) is 31.1 Å². The van der Waals surface area contributed by atoms with Crippen LogP contribution in [-0.2, 0) is 14.3 Å². The smallest absolute Gasteiger partial charge is 0.328 e. The normalized spacial score (nSPS) is 18.8. The topological polar surface area (TPSA) is 84.5 Å². The molecule has 0 aliphatic carbocycles. The Balaban J connectivity index is 2.68. The molecule has 0 atom stereocenters. The van der Waals surface area contributed by atoms with E-state index >= 15 is 0 Å². The molecule has 0 unspecified atom stereocenters. The zero-order valence-electron chi connectivity index (χ0n) is 10.2. The third-order valence-corrected chi connectivity index (χ3v) is 2.92. The van der Waals surface area contributed by atoms with Gasteiger partial charge in [0, 0.05) is 6.61 Å². The monoisotopic (exact) mass is 242 g/mol. The lowest BCUT2D eigenvalue weighted by molar-refractivity contribution is -0.149. The molecule has 2 N–H and O–H groups in total. The first-order chi connectivity index (χ1) is 8.06. The van der Waals surface area contributed by atoms with Gasteiger partial charge >= 0.3 is 6.03 Å². The first-order valence-corrected chi connectivity index (χ1v) is 5.81. The number of imide groups is 2. The molecule has 0 bridgehead atoms. The second kappa shape index (κ2) is 5.77. The van der Waals surface area contributed by atoms with Crippen molar-refractivity contribution in [1.29, 1.82) is 0 Å². The molecule has 96 valence electrons. The Bertz CT molecular complexity index is 307. The summed E-state index contributed by atoms with van der Waals surface area (Å²) in [5.41, 5.74) is -1.28. The van der Waals surface area contributed by atoms with Gasteiger partial charge in [-0.25, -0.2) is 4.79 Å². The molecular weight excluding hydrogens is 224 g/mol. The third kappa shape index (κ3) is 2.82. The van der Waals surface area contributed by atoms with E-state index in [4.69, 9.17) is 4.74 Å². The molecule has 6 heteroatoms. The van der Waals surface area contributed by atoms with Gasteiger partial charge in [0.15, 0.2) is 5.41 Å². The van der Waals surface area contributed by atoms with Gasteiger partial charge in [-0.15, -0.1) is 0 Å². The Morgan fingerprint density at radius 1 is 1.12 bits per heavy atom. The fourth-order valence-electron chi connectivity index (χ4n) is 1.63. The number of carbonyl (C=O) groups excluding carboxylic acids is 3. The van der Waals surface area contributed by atoms with E-state index in [1.54, 1.807) is 6.92 Å². The highest BCUT2D eigenvalue weighted by atomic mass is 16.5. The maximum absolute atomic E-state index is 11.8. The molecule has 0 aromatic carbocycles. The van der Waals surface area contributed by atoms with E-state index in [9.17, 15) is 14.4 Å². The summed E-state index contributed by atoms with van der Waals surface area (Å²) in [4.78, 5) is 34.5. The minimum absolute atomic E-state index is 0.00838. The van der Waals surface area contributed by atoms with Crippen molar-refractivity contribution in [2.24, 2.45) is 5.41 Å². The van der Waals surface area contributed by atoms with E-state index < -0.39 is 23.3 Å². The molecule has 4 amide bonds. The van der Waals surface area contributed by atoms with Crippen LogP contribution in [0, 0.1) is 5.41 Å². The number of hydrogen-bond acceptors (Lipinski definition) is 4. The maximum atomic E-state index is 11.8. The van der Waals surface area contributed by atoms with E-state index in [-0.39, 0.29) is 6.61 Å². The number of urea groups is 1. The summed E-state index contributed by atoms with van der Waals surface area (Å²) in [7, 11) is 0. The second-order valence-electron chi connectivity index (χ2n) is 4.08. The van der Waals surface area contributed by atoms with Crippen molar-refractivity contribution < 1.29 is 19.1 Å². The highest BCUT2D eigenvalue weighted by molar-refractivity contribution is 6.19. The highest BCUT2D eigenvalue weighted by Crippen LogP contribution is 2.25. The minimum Gasteiger partial charge on any atom is -0.380 e. The van der Waals surface area contributed by atoms with Crippen LogP contribution in [0.4, 0.5) is 4.79 Å². The van der Waals surface area contributed by atoms with Gasteiger partial charge in [0.2, 0.25) is 11.8 Å². The second-order valence-corrected chi connectivity index (χ2v) is 4.08. The third-order valence-electron chi connectivity index (χ3n) is 2.92. The largest absolute Gasteiger partial charge is 0.380 e. The van der Waals surface area contributed by atoms with Gasteiger partial charge in [-0.05, 0) is 12.8 Å². The van der Waals surface area contributed by atoms with Crippen LogP contribution in [0.25, 0.3) is 0 Å². The summed E-state index contributed by atoms with van der Waals surface area (Å²) in [6.45, 7) is 4.26. The molecule has 0 aromatic heterocycles. The number of amides is 4. The van der Waals surface area contributed by atoms with Crippen molar-refractivity contribution in [3.05, 3.63) is 0 Å². The molecule has 0 spiro atoms. The Morgan fingerprint density at radius 2 is 1.71 bits per heavy atom. The van der Waals surface area contributed by atoms with Crippen LogP contribution < -0.4 is 10.6 Å². The van der Waals surface area contributed by atoms with Crippen molar-refractivity contribution in [1.82, 2.24) is 10.6 Å². The van der Waals surface area contributed by atoms with E-state index in [0.29, 0.717) is 13.0 Å². The Labute approximate surface area is 100 Å². The maximum Gasteiger partial charge on any atom is 0.328 e. The van der Waals surface area contributed by atoms with Crippen LogP contribution in [0.5, 0.6) is 0 Å². The predicted molar refractivity (Wildman–Crippen MR) is 60.1 cm³/mol. The highest BCUT2D eigenvalue weighted by Gasteiger charge is 2.49. The minimum atomic E-state index is -1.28. The number of rotatable bonds is 6. The van der Waals surface area contributed by atoms with Gasteiger partial charge in [-0.2, -0.15) is 0 Å². The number of unbranched alkanes of at least 4 members (excludes halogenated alkanes) is 1. The molecule has 0 radical (unpaired) electrons. The Hall–Kier alpha value is -1.43. The predicted octanol–water partition coefficient (Wildman–Crippen LogP) is 0.566. The summed E-state index contributed by atoms with van der Waals surface area (Å²) < 4.78 is 5.35. The van der Waals surface area contributed by atoms with Crippen LogP contribution in [0.1, 0.15) is 33.1 Å². The molecule has 1 rings (SSSR count). The first-order valence-electron chi connectivity index (χ1n) is 5.81. The summed E-state index contributed by atoms with van der Waals surface area (Å²) in [6.07, 6.45) is 2.15. The number of barbiturate groups is 1. The number of nitrogens with one attached hydrogen (secondary N) is 2.